The average molecular weight is 135 g/mol. The third-order valence-electron chi connectivity index (χ3n) is 0.994. The molecule has 0 amide bonds. The van der Waals surface area contributed by atoms with Crippen LogP contribution in [0.1, 0.15) is 20.3 Å². The van der Waals surface area contributed by atoms with Gasteiger partial charge in [-0.25, -0.2) is 4.39 Å². The van der Waals surface area contributed by atoms with E-state index in [0.717, 1.165) is 0 Å². The van der Waals surface area contributed by atoms with Crippen molar-refractivity contribution in [2.45, 2.75) is 26.4 Å². The number of halogens is 1. The predicted molar refractivity (Wildman–Crippen MR) is 34.8 cm³/mol. The van der Waals surface area contributed by atoms with Gasteiger partial charge in [0.1, 0.15) is 6.17 Å². The zero-order valence-corrected chi connectivity index (χ0v) is 5.98. The molecule has 0 aromatic heterocycles. The average Bonchev–Trinajstić information content (AvgIpc) is 1.89. The minimum Gasteiger partial charge on any atom is -0.302 e. The zero-order chi connectivity index (χ0) is 7.11. The lowest BCUT2D eigenvalue weighted by Crippen LogP contribution is -2.23. The maximum atomic E-state index is 12.3. The molecule has 0 aliphatic rings. The largest absolute Gasteiger partial charge is 0.302 e. The van der Waals surface area contributed by atoms with Gasteiger partial charge in [-0.3, -0.25) is 0 Å². The van der Waals surface area contributed by atoms with Crippen LogP contribution in [0.15, 0.2) is 0 Å². The summed E-state index contributed by atoms with van der Waals surface area (Å²) in [5.41, 5.74) is 2.51. The second-order valence-electron chi connectivity index (χ2n) is 1.79. The summed E-state index contributed by atoms with van der Waals surface area (Å²) in [5.74, 6) is 0. The van der Waals surface area contributed by atoms with Crippen LogP contribution in [-0.2, 0) is 4.84 Å². The molecule has 0 heterocycles. The molecule has 0 fully saturated rings. The lowest BCUT2D eigenvalue weighted by Gasteiger charge is -2.05. The molecule has 0 spiro atoms. The highest BCUT2D eigenvalue weighted by Gasteiger charge is 1.99. The molecule has 0 aromatic carbocycles. The smallest absolute Gasteiger partial charge is 0.115 e. The van der Waals surface area contributed by atoms with Gasteiger partial charge in [0.15, 0.2) is 0 Å². The number of rotatable bonds is 5. The topological polar surface area (TPSA) is 21.3 Å². The third-order valence-corrected chi connectivity index (χ3v) is 0.994. The van der Waals surface area contributed by atoms with E-state index in [0.29, 0.717) is 19.6 Å². The fourth-order valence-corrected chi connectivity index (χ4v) is 0.396. The van der Waals surface area contributed by atoms with Gasteiger partial charge in [0, 0.05) is 0 Å². The molecular formula is C6H14FNO. The molecular weight excluding hydrogens is 121 g/mol. The van der Waals surface area contributed by atoms with Gasteiger partial charge in [-0.05, 0) is 13.3 Å². The highest BCUT2D eigenvalue weighted by Crippen LogP contribution is 1.92. The first-order valence-corrected chi connectivity index (χ1v) is 3.30. The third kappa shape index (κ3) is 5.73. The van der Waals surface area contributed by atoms with Crippen LogP contribution < -0.4 is 5.48 Å². The Morgan fingerprint density at radius 1 is 1.56 bits per heavy atom. The van der Waals surface area contributed by atoms with E-state index < -0.39 is 6.17 Å². The van der Waals surface area contributed by atoms with Crippen molar-refractivity contribution in [1.82, 2.24) is 5.48 Å². The lowest BCUT2D eigenvalue weighted by molar-refractivity contribution is 0.0363. The first kappa shape index (κ1) is 8.85. The van der Waals surface area contributed by atoms with Crippen LogP contribution >= 0.6 is 0 Å². The molecule has 1 N–H and O–H groups in total. The second-order valence-corrected chi connectivity index (χ2v) is 1.79. The molecule has 0 rings (SSSR count). The Balaban J connectivity index is 2.88. The van der Waals surface area contributed by atoms with Crippen molar-refractivity contribution < 1.29 is 9.23 Å². The first-order chi connectivity index (χ1) is 4.31. The summed E-state index contributed by atoms with van der Waals surface area (Å²) in [6.45, 7) is 4.53. The second kappa shape index (κ2) is 5.98. The number of alkyl halides is 1. The minimum absolute atomic E-state index is 0.296. The molecule has 3 heteroatoms. The summed E-state index contributed by atoms with van der Waals surface area (Å²) in [6.07, 6.45) is -0.239. The van der Waals surface area contributed by atoms with Gasteiger partial charge in [-0.15, -0.1) is 0 Å². The first-order valence-electron chi connectivity index (χ1n) is 3.30. The van der Waals surface area contributed by atoms with Gasteiger partial charge in [-0.1, -0.05) is 6.92 Å². The van der Waals surface area contributed by atoms with Crippen LogP contribution in [0.5, 0.6) is 0 Å². The molecule has 0 saturated heterocycles. The fraction of sp³-hybridized carbons (Fsp3) is 1.00. The molecule has 0 aliphatic carbocycles. The molecule has 0 bridgehead atoms. The molecule has 0 aliphatic heterocycles. The number of hydroxylamine groups is 1. The highest BCUT2D eigenvalue weighted by molar-refractivity contribution is 4.51. The Hall–Kier alpha value is -0.150. The van der Waals surface area contributed by atoms with E-state index in [-0.39, 0.29) is 0 Å². The summed E-state index contributed by atoms with van der Waals surface area (Å²) in [5, 5.41) is 0. The standard InChI is InChI=1S/C6H14FNO/c1-3-6(7)5-8-9-4-2/h6,8H,3-5H2,1-2H3. The summed E-state index contributed by atoms with van der Waals surface area (Å²) >= 11 is 0. The minimum atomic E-state index is -0.781. The van der Waals surface area contributed by atoms with Crippen molar-refractivity contribution in [2.75, 3.05) is 13.2 Å². The summed E-state index contributed by atoms with van der Waals surface area (Å²) < 4.78 is 12.3. The zero-order valence-electron chi connectivity index (χ0n) is 5.98. The summed E-state index contributed by atoms with van der Waals surface area (Å²) in [6, 6.07) is 0. The lowest BCUT2D eigenvalue weighted by atomic mass is 10.3. The Labute approximate surface area is 55.3 Å². The van der Waals surface area contributed by atoms with E-state index >= 15 is 0 Å². The van der Waals surface area contributed by atoms with Gasteiger partial charge in [0.25, 0.3) is 0 Å². The van der Waals surface area contributed by atoms with Crippen molar-refractivity contribution >= 4 is 0 Å². The monoisotopic (exact) mass is 135 g/mol. The van der Waals surface area contributed by atoms with Crippen molar-refractivity contribution in [2.24, 2.45) is 0 Å². The summed E-state index contributed by atoms with van der Waals surface area (Å²) in [4.78, 5) is 4.72. The number of nitrogens with one attached hydrogen (secondary N) is 1. The van der Waals surface area contributed by atoms with Gasteiger partial charge >= 0.3 is 0 Å². The van der Waals surface area contributed by atoms with Crippen LogP contribution in [-0.4, -0.2) is 19.3 Å². The SMILES string of the molecule is CCONCC(F)CC. The van der Waals surface area contributed by atoms with E-state index in [4.69, 9.17) is 4.84 Å². The number of hydrogen-bond acceptors (Lipinski definition) is 2. The van der Waals surface area contributed by atoms with Gasteiger partial charge in [-0.2, -0.15) is 5.48 Å². The van der Waals surface area contributed by atoms with E-state index in [1.165, 1.54) is 0 Å². The maximum Gasteiger partial charge on any atom is 0.115 e. The summed E-state index contributed by atoms with van der Waals surface area (Å²) in [7, 11) is 0. The van der Waals surface area contributed by atoms with E-state index in [1.54, 1.807) is 6.92 Å². The normalized spacial score (nSPS) is 13.7. The molecule has 0 radical (unpaired) electrons. The molecule has 0 saturated carbocycles. The Bertz CT molecular complexity index is 61.0. The molecule has 2 nitrogen and oxygen atoms in total. The molecule has 1 atom stereocenters. The van der Waals surface area contributed by atoms with Crippen molar-refractivity contribution in [3.05, 3.63) is 0 Å². The van der Waals surface area contributed by atoms with Crippen LogP contribution in [0.2, 0.25) is 0 Å². The van der Waals surface area contributed by atoms with Crippen LogP contribution in [0.4, 0.5) is 4.39 Å². The number of hydrogen-bond donors (Lipinski definition) is 1. The Morgan fingerprint density at radius 2 is 2.22 bits per heavy atom. The molecule has 56 valence electrons. The van der Waals surface area contributed by atoms with Crippen LogP contribution in [0.25, 0.3) is 0 Å². The van der Waals surface area contributed by atoms with Gasteiger partial charge in [0.2, 0.25) is 0 Å². The highest BCUT2D eigenvalue weighted by atomic mass is 19.1. The van der Waals surface area contributed by atoms with Crippen molar-refractivity contribution in [3.8, 4) is 0 Å². The van der Waals surface area contributed by atoms with Crippen molar-refractivity contribution in [3.63, 3.8) is 0 Å². The fourth-order valence-electron chi connectivity index (χ4n) is 0.396. The van der Waals surface area contributed by atoms with E-state index in [1.807, 2.05) is 6.92 Å². The molecule has 0 aromatic rings. The Morgan fingerprint density at radius 3 is 2.67 bits per heavy atom. The van der Waals surface area contributed by atoms with Crippen LogP contribution in [0.3, 0.4) is 0 Å². The predicted octanol–water partition coefficient (Wildman–Crippen LogP) is 1.28. The Kier molecular flexibility index (Phi) is 5.88. The van der Waals surface area contributed by atoms with E-state index in [9.17, 15) is 4.39 Å². The van der Waals surface area contributed by atoms with Crippen LogP contribution in [0, 0.1) is 0 Å². The van der Waals surface area contributed by atoms with Crippen molar-refractivity contribution in [1.29, 1.82) is 0 Å². The van der Waals surface area contributed by atoms with Gasteiger partial charge < -0.3 is 4.84 Å². The molecule has 9 heavy (non-hydrogen) atoms. The molecule has 1 unspecified atom stereocenters. The van der Waals surface area contributed by atoms with E-state index in [2.05, 4.69) is 5.48 Å². The maximum absolute atomic E-state index is 12.3. The van der Waals surface area contributed by atoms with Gasteiger partial charge in [0.05, 0.1) is 13.2 Å². The quantitative estimate of drug-likeness (QED) is 0.453.